The van der Waals surface area contributed by atoms with Crippen molar-refractivity contribution < 1.29 is 28.8 Å². The Balaban J connectivity index is 0.936. The van der Waals surface area contributed by atoms with E-state index in [1.54, 1.807) is 0 Å². The van der Waals surface area contributed by atoms with Gasteiger partial charge in [-0.3, -0.25) is 33.7 Å². The lowest BCUT2D eigenvalue weighted by Crippen LogP contribution is -2.66. The predicted octanol–water partition coefficient (Wildman–Crippen LogP) is 3.95. The standard InChI is InChI=1S/C35H39N7O6S2/c1-40(24-12-14-41(24)20-16-22(43)30-26(28(20)45)38-34(49-30)32(47)36-18-8-4-2-5-9-18)25-13-15-42(25)21-17-23(44)31-27(29(21)46)39-35(50-31)33(48)37-19-10-6-3-7-11-19/h16-19,24-25H,2-15H2,1H3,(H,36,47)(H,37,48). The van der Waals surface area contributed by atoms with Crippen molar-refractivity contribution in [1.82, 2.24) is 35.3 Å². The quantitative estimate of drug-likeness (QED) is 0.407. The third-order valence-electron chi connectivity index (χ3n) is 10.9. The van der Waals surface area contributed by atoms with Gasteiger partial charge in [0.1, 0.15) is 21.1 Å². The largest absolute Gasteiger partial charge is 0.352 e. The Labute approximate surface area is 297 Å². The molecule has 4 fully saturated rings. The normalized spacial score (nSPS) is 24.3. The molecule has 13 nitrogen and oxygen atoms in total. The van der Waals surface area contributed by atoms with Gasteiger partial charge in [-0.2, -0.15) is 0 Å². The molecule has 2 saturated heterocycles. The van der Waals surface area contributed by atoms with Crippen LogP contribution in [0.4, 0.5) is 0 Å². The molecule has 2 amide bonds. The number of hydrogen-bond acceptors (Lipinski definition) is 13. The lowest BCUT2D eigenvalue weighted by molar-refractivity contribution is -0.0903. The zero-order valence-corrected chi connectivity index (χ0v) is 29.5. The molecule has 6 aliphatic rings. The van der Waals surface area contributed by atoms with Gasteiger partial charge in [0.25, 0.3) is 11.8 Å². The number of allylic oxidation sites excluding steroid dienone is 4. The van der Waals surface area contributed by atoms with Crippen LogP contribution in [0.25, 0.3) is 0 Å². The smallest absolute Gasteiger partial charge is 0.280 e. The number of likely N-dealkylation sites (tertiary alicyclic amines) is 2. The fraction of sp³-hybridized carbons (Fsp3) is 0.543. The summed E-state index contributed by atoms with van der Waals surface area (Å²) < 4.78 is 0. The van der Waals surface area contributed by atoms with Crippen LogP contribution in [0.2, 0.25) is 0 Å². The van der Waals surface area contributed by atoms with Crippen LogP contribution in [0.15, 0.2) is 23.5 Å². The molecule has 262 valence electrons. The maximum absolute atomic E-state index is 13.7. The molecule has 2 unspecified atom stereocenters. The first-order chi connectivity index (χ1) is 24.2. The van der Waals surface area contributed by atoms with Gasteiger partial charge in [0.15, 0.2) is 21.6 Å². The topological polar surface area (TPSA) is 162 Å². The SMILES string of the molecule is CN(C1CCN1C1=CC(=O)c2sc(C(=O)NC3CCCCC3)nc2C1=O)C1CCN1C1=CC(=O)c2sc(C(=O)NC3CCCCC3)nc2C1=O. The molecular formula is C35H39N7O6S2. The molecule has 4 heterocycles. The van der Waals surface area contributed by atoms with Gasteiger partial charge in [0, 0.05) is 37.3 Å². The number of rotatable bonds is 8. The van der Waals surface area contributed by atoms with Gasteiger partial charge < -0.3 is 20.4 Å². The van der Waals surface area contributed by atoms with Crippen LogP contribution in [0, 0.1) is 0 Å². The Hall–Kier alpha value is -4.08. The van der Waals surface area contributed by atoms with Crippen LogP contribution in [-0.4, -0.2) is 104 Å². The third kappa shape index (κ3) is 5.82. The van der Waals surface area contributed by atoms with Crippen LogP contribution in [0.1, 0.15) is 137 Å². The summed E-state index contributed by atoms with van der Waals surface area (Å²) in [5, 5.41) is 6.29. The Morgan fingerprint density at radius 3 is 1.42 bits per heavy atom. The van der Waals surface area contributed by atoms with E-state index in [4.69, 9.17) is 0 Å². The molecule has 2 atom stereocenters. The summed E-state index contributed by atoms with van der Waals surface area (Å²) in [6.07, 6.45) is 13.9. The highest BCUT2D eigenvalue weighted by Gasteiger charge is 2.47. The first-order valence-electron chi connectivity index (χ1n) is 17.7. The second kappa shape index (κ2) is 13.2. The number of carbonyl (C=O) groups excluding carboxylic acids is 6. The van der Waals surface area contributed by atoms with Gasteiger partial charge in [0.05, 0.1) is 23.7 Å². The van der Waals surface area contributed by atoms with Gasteiger partial charge >= 0.3 is 0 Å². The van der Waals surface area contributed by atoms with E-state index in [1.165, 1.54) is 12.2 Å². The summed E-state index contributed by atoms with van der Waals surface area (Å²) in [4.78, 5) is 94.7. The van der Waals surface area contributed by atoms with Crippen LogP contribution in [0.3, 0.4) is 0 Å². The molecule has 2 aromatic heterocycles. The Morgan fingerprint density at radius 2 is 1.06 bits per heavy atom. The summed E-state index contributed by atoms with van der Waals surface area (Å²) in [5.41, 5.74) is 0.532. The summed E-state index contributed by atoms with van der Waals surface area (Å²) >= 11 is 1.93. The van der Waals surface area contributed by atoms with Crippen LogP contribution < -0.4 is 10.6 Å². The number of ketones is 4. The van der Waals surface area contributed by atoms with Gasteiger partial charge in [0.2, 0.25) is 11.6 Å². The monoisotopic (exact) mass is 717 g/mol. The zero-order valence-electron chi connectivity index (χ0n) is 27.9. The molecule has 0 aromatic carbocycles. The Kier molecular flexibility index (Phi) is 8.76. The molecule has 2 aromatic rings. The zero-order chi connectivity index (χ0) is 34.7. The second-order valence-corrected chi connectivity index (χ2v) is 16.0. The fourth-order valence-corrected chi connectivity index (χ4v) is 9.75. The molecule has 2 saturated carbocycles. The van der Waals surface area contributed by atoms with Crippen molar-refractivity contribution in [2.45, 2.75) is 101 Å². The molecule has 2 N–H and O–H groups in total. The first kappa shape index (κ1) is 33.1. The molecule has 8 rings (SSSR count). The average Bonchev–Trinajstić information content (AvgIpc) is 3.73. The van der Waals surface area contributed by atoms with E-state index in [0.29, 0.717) is 13.1 Å². The summed E-state index contributed by atoms with van der Waals surface area (Å²) in [7, 11) is 1.91. The fourth-order valence-electron chi connectivity index (χ4n) is 8.00. The van der Waals surface area contributed by atoms with Crippen LogP contribution in [-0.2, 0) is 0 Å². The molecule has 0 radical (unpaired) electrons. The average molecular weight is 718 g/mol. The van der Waals surface area contributed by atoms with E-state index in [1.807, 2.05) is 16.8 Å². The number of amides is 2. The molecule has 50 heavy (non-hydrogen) atoms. The Morgan fingerprint density at radius 1 is 0.660 bits per heavy atom. The Bertz CT molecular complexity index is 1730. The highest BCUT2D eigenvalue weighted by molar-refractivity contribution is 7.16. The van der Waals surface area contributed by atoms with Crippen molar-refractivity contribution in [2.75, 3.05) is 20.1 Å². The molecule has 0 bridgehead atoms. The number of carbonyl (C=O) groups is 6. The number of nitrogens with one attached hydrogen (secondary N) is 2. The van der Waals surface area contributed by atoms with Crippen molar-refractivity contribution in [3.63, 3.8) is 0 Å². The van der Waals surface area contributed by atoms with E-state index >= 15 is 0 Å². The number of thiazole rings is 2. The van der Waals surface area contributed by atoms with Crippen molar-refractivity contribution in [3.8, 4) is 0 Å². The van der Waals surface area contributed by atoms with Gasteiger partial charge in [-0.05, 0) is 45.6 Å². The van der Waals surface area contributed by atoms with Crippen molar-refractivity contribution in [2.24, 2.45) is 0 Å². The molecule has 0 spiro atoms. The van der Waals surface area contributed by atoms with Gasteiger partial charge in [-0.1, -0.05) is 38.5 Å². The molecule has 15 heteroatoms. The number of Topliss-reactive ketones (excluding diaryl/α,β-unsaturated/α-hetero) is 2. The highest BCUT2D eigenvalue weighted by atomic mass is 32.1. The summed E-state index contributed by atoms with van der Waals surface area (Å²) in [6, 6.07) is 0.161. The summed E-state index contributed by atoms with van der Waals surface area (Å²) in [5.74, 6) is -2.15. The van der Waals surface area contributed by atoms with Gasteiger partial charge in [-0.25, -0.2) is 9.97 Å². The minimum atomic E-state index is -0.383. The molecular weight excluding hydrogens is 679 g/mol. The molecule has 2 aliphatic heterocycles. The van der Waals surface area contributed by atoms with Crippen LogP contribution >= 0.6 is 22.7 Å². The van der Waals surface area contributed by atoms with E-state index in [2.05, 4.69) is 25.5 Å². The number of aromatic nitrogens is 2. The van der Waals surface area contributed by atoms with Crippen molar-refractivity contribution in [3.05, 3.63) is 54.7 Å². The van der Waals surface area contributed by atoms with E-state index in [9.17, 15) is 28.8 Å². The maximum Gasteiger partial charge on any atom is 0.280 e. The number of hydrogen-bond donors (Lipinski definition) is 2. The first-order valence-corrected chi connectivity index (χ1v) is 19.3. The number of fused-ring (bicyclic) bond motifs is 2. The van der Waals surface area contributed by atoms with E-state index < -0.39 is 0 Å². The summed E-state index contributed by atoms with van der Waals surface area (Å²) in [6.45, 7) is 1.10. The second-order valence-electron chi connectivity index (χ2n) is 14.0. The van der Waals surface area contributed by atoms with Crippen molar-refractivity contribution in [1.29, 1.82) is 0 Å². The van der Waals surface area contributed by atoms with Gasteiger partial charge in [-0.15, -0.1) is 22.7 Å². The lowest BCUT2D eigenvalue weighted by Gasteiger charge is -2.56. The minimum absolute atomic E-state index is 0.0206. The van der Waals surface area contributed by atoms with E-state index in [-0.39, 0.29) is 102 Å². The molecule has 4 aliphatic carbocycles. The minimum Gasteiger partial charge on any atom is -0.352 e. The number of nitrogens with zero attached hydrogens (tertiary/aromatic N) is 5. The lowest BCUT2D eigenvalue weighted by atomic mass is 9.95. The van der Waals surface area contributed by atoms with Crippen LogP contribution in [0.5, 0.6) is 0 Å². The maximum atomic E-state index is 13.7. The van der Waals surface area contributed by atoms with E-state index in [0.717, 1.165) is 99.7 Å². The predicted molar refractivity (Wildman–Crippen MR) is 184 cm³/mol. The highest BCUT2D eigenvalue weighted by Crippen LogP contribution is 2.38. The van der Waals surface area contributed by atoms with Crippen molar-refractivity contribution >= 4 is 57.6 Å². The third-order valence-corrected chi connectivity index (χ3v) is 13.1.